The van der Waals surface area contributed by atoms with Crippen molar-refractivity contribution in [3.8, 4) is 0 Å². The zero-order valence-electron chi connectivity index (χ0n) is 16.1. The van der Waals surface area contributed by atoms with E-state index >= 15 is 0 Å². The van der Waals surface area contributed by atoms with E-state index in [2.05, 4.69) is 0 Å². The number of carboxylic acid groups (broad SMARTS) is 4. The second kappa shape index (κ2) is 15.2. The molecule has 4 N–H and O–H groups in total. The fraction of sp³-hybridized carbons (Fsp3) is 0.750. The molecule has 0 aromatic heterocycles. The third kappa shape index (κ3) is 14.0. The van der Waals surface area contributed by atoms with Crippen LogP contribution in [0, 0.1) is 49.4 Å². The van der Waals surface area contributed by atoms with Gasteiger partial charge in [0.05, 0.1) is 26.2 Å². The van der Waals surface area contributed by atoms with Gasteiger partial charge in [0.2, 0.25) is 0 Å². The molecule has 29 heavy (non-hydrogen) atoms. The summed E-state index contributed by atoms with van der Waals surface area (Å²) in [5, 5.41) is 36.3. The molecule has 12 nitrogen and oxygen atoms in total. The van der Waals surface area contributed by atoms with Gasteiger partial charge in [0.15, 0.2) is 0 Å². The van der Waals surface area contributed by atoms with E-state index < -0.39 is 23.9 Å². The van der Waals surface area contributed by atoms with Gasteiger partial charge in [-0.2, -0.15) is 0 Å². The normalized spacial score (nSPS) is 18.8. The quantitative estimate of drug-likeness (QED) is 0.250. The maximum Gasteiger partial charge on any atom is 0.317 e. The molecule has 1 radical (unpaired) electrons. The van der Waals surface area contributed by atoms with Crippen LogP contribution in [-0.4, -0.2) is 142 Å². The van der Waals surface area contributed by atoms with E-state index in [-0.39, 0.29) is 75.6 Å². The van der Waals surface area contributed by atoms with Crippen molar-refractivity contribution in [2.45, 2.75) is 0 Å². The number of aliphatic carboxylic acids is 4. The molecule has 167 valence electrons. The van der Waals surface area contributed by atoms with Crippen molar-refractivity contribution in [2.75, 3.05) is 78.5 Å². The Kier molecular flexibility index (Phi) is 14.8. The second-order valence-electron chi connectivity index (χ2n) is 6.68. The van der Waals surface area contributed by atoms with Crippen molar-refractivity contribution in [3.63, 3.8) is 0 Å². The summed E-state index contributed by atoms with van der Waals surface area (Å²) in [7, 11) is 0. The minimum Gasteiger partial charge on any atom is -0.480 e. The van der Waals surface area contributed by atoms with Gasteiger partial charge in [-0.3, -0.25) is 38.8 Å². The zero-order chi connectivity index (χ0) is 21.1. The molecule has 1 aliphatic rings. The van der Waals surface area contributed by atoms with Gasteiger partial charge in [-0.15, -0.1) is 0 Å². The monoisotopic (exact) mass is 557 g/mol. The molecule has 0 aliphatic carbocycles. The Balaban J connectivity index is 0.00000784. The Bertz CT molecular complexity index is 453. The Hall–Kier alpha value is -0.696. The smallest absolute Gasteiger partial charge is 0.317 e. The SMILES string of the molecule is O=C(O)CN1CCN(CC(=O)O)CCN(CC(=O)O)CCN(CC(=O)O)CC1.[Eu]. The average Bonchev–Trinajstić information content (AvgIpc) is 2.55. The number of hydrogen-bond acceptors (Lipinski definition) is 8. The first-order chi connectivity index (χ1) is 13.2. The predicted octanol–water partition coefficient (Wildman–Crippen LogP) is -2.45. The summed E-state index contributed by atoms with van der Waals surface area (Å²) in [6.07, 6.45) is 0. The van der Waals surface area contributed by atoms with Crippen LogP contribution >= 0.6 is 0 Å². The first kappa shape index (κ1) is 28.3. The van der Waals surface area contributed by atoms with E-state index in [1.807, 2.05) is 0 Å². The van der Waals surface area contributed by atoms with Crippen LogP contribution in [0.2, 0.25) is 0 Å². The standard InChI is InChI=1S/C16H28N4O8.Eu/c21-13(22)9-17-1-2-18(10-14(23)24)5-6-20(12-16(27)28)8-7-19(4-3-17)11-15(25)26;/h1-12H2,(H,21,22)(H,23,24)(H,25,26)(H,27,28);. The van der Waals surface area contributed by atoms with E-state index in [0.717, 1.165) is 0 Å². The Labute approximate surface area is 209 Å². The molecule has 1 rings (SSSR count). The number of carbonyl (C=O) groups is 4. The first-order valence-electron chi connectivity index (χ1n) is 8.92. The third-order valence-corrected chi connectivity index (χ3v) is 4.37. The largest absolute Gasteiger partial charge is 0.480 e. The van der Waals surface area contributed by atoms with Crippen LogP contribution in [0.3, 0.4) is 0 Å². The number of hydrogen-bond donors (Lipinski definition) is 4. The van der Waals surface area contributed by atoms with Gasteiger partial charge in [0.25, 0.3) is 0 Å². The molecule has 1 fully saturated rings. The summed E-state index contributed by atoms with van der Waals surface area (Å²) in [4.78, 5) is 50.9. The van der Waals surface area contributed by atoms with Gasteiger partial charge in [0, 0.05) is 102 Å². The summed E-state index contributed by atoms with van der Waals surface area (Å²) in [5.74, 6) is -4.08. The molecule has 1 saturated heterocycles. The van der Waals surface area contributed by atoms with Crippen LogP contribution in [0.1, 0.15) is 0 Å². The molecule has 0 aromatic rings. The second-order valence-corrected chi connectivity index (χ2v) is 6.68. The molecule has 0 bridgehead atoms. The van der Waals surface area contributed by atoms with Crippen LogP contribution in [-0.2, 0) is 19.2 Å². The molecule has 0 atom stereocenters. The minimum atomic E-state index is -1.02. The maximum atomic E-state index is 11.1. The van der Waals surface area contributed by atoms with Crippen molar-refractivity contribution in [1.82, 2.24) is 19.6 Å². The summed E-state index contributed by atoms with van der Waals surface area (Å²) in [6, 6.07) is 0. The summed E-state index contributed by atoms with van der Waals surface area (Å²) in [6.45, 7) is 1.52. The van der Waals surface area contributed by atoms with Gasteiger partial charge in [-0.25, -0.2) is 0 Å². The summed E-state index contributed by atoms with van der Waals surface area (Å²) < 4.78 is 0. The van der Waals surface area contributed by atoms with Crippen molar-refractivity contribution in [1.29, 1.82) is 0 Å². The molecule has 0 saturated carbocycles. The average molecular weight is 556 g/mol. The van der Waals surface area contributed by atoms with Gasteiger partial charge in [-0.05, 0) is 0 Å². The Morgan fingerprint density at radius 1 is 0.448 bits per heavy atom. The van der Waals surface area contributed by atoms with Crippen LogP contribution < -0.4 is 0 Å². The van der Waals surface area contributed by atoms with Crippen LogP contribution in [0.5, 0.6) is 0 Å². The van der Waals surface area contributed by atoms with Gasteiger partial charge >= 0.3 is 23.9 Å². The molecule has 0 amide bonds. The minimum absolute atomic E-state index is 0. The van der Waals surface area contributed by atoms with Gasteiger partial charge < -0.3 is 20.4 Å². The number of carboxylic acids is 4. The van der Waals surface area contributed by atoms with E-state index in [9.17, 15) is 19.2 Å². The van der Waals surface area contributed by atoms with E-state index in [4.69, 9.17) is 20.4 Å². The molecule has 0 spiro atoms. The van der Waals surface area contributed by atoms with Crippen molar-refractivity contribution in [3.05, 3.63) is 0 Å². The fourth-order valence-electron chi connectivity index (χ4n) is 2.98. The van der Waals surface area contributed by atoms with E-state index in [1.165, 1.54) is 0 Å². The van der Waals surface area contributed by atoms with Crippen molar-refractivity contribution < 1.29 is 89.0 Å². The predicted molar refractivity (Wildman–Crippen MR) is 96.3 cm³/mol. The molecule has 1 aliphatic heterocycles. The zero-order valence-corrected chi connectivity index (χ0v) is 18.5. The van der Waals surface area contributed by atoms with E-state index in [1.54, 1.807) is 19.6 Å². The van der Waals surface area contributed by atoms with Crippen LogP contribution in [0.4, 0.5) is 0 Å². The number of rotatable bonds is 8. The molecule has 1 heterocycles. The third-order valence-electron chi connectivity index (χ3n) is 4.37. The molecule has 0 unspecified atom stereocenters. The Morgan fingerprint density at radius 3 is 0.690 bits per heavy atom. The summed E-state index contributed by atoms with van der Waals surface area (Å²) >= 11 is 0. The Morgan fingerprint density at radius 2 is 0.586 bits per heavy atom. The molecular weight excluding hydrogens is 528 g/mol. The molecular formula is C16H28EuN4O8. The van der Waals surface area contributed by atoms with Crippen LogP contribution in [0.15, 0.2) is 0 Å². The number of nitrogens with zero attached hydrogens (tertiary/aromatic N) is 4. The fourth-order valence-corrected chi connectivity index (χ4v) is 2.98. The van der Waals surface area contributed by atoms with Crippen molar-refractivity contribution >= 4 is 23.9 Å². The van der Waals surface area contributed by atoms with E-state index in [0.29, 0.717) is 52.4 Å². The van der Waals surface area contributed by atoms with Gasteiger partial charge in [0.1, 0.15) is 0 Å². The molecule has 0 aromatic carbocycles. The summed E-state index contributed by atoms with van der Waals surface area (Å²) in [5.41, 5.74) is 0. The van der Waals surface area contributed by atoms with Crippen molar-refractivity contribution in [2.24, 2.45) is 0 Å². The molecule has 13 heteroatoms. The first-order valence-corrected chi connectivity index (χ1v) is 8.92. The topological polar surface area (TPSA) is 162 Å². The van der Waals surface area contributed by atoms with Crippen LogP contribution in [0.25, 0.3) is 0 Å². The van der Waals surface area contributed by atoms with Gasteiger partial charge in [-0.1, -0.05) is 0 Å². The maximum absolute atomic E-state index is 11.1.